The zero-order valence-corrected chi connectivity index (χ0v) is 13.9. The van der Waals surface area contributed by atoms with Crippen molar-refractivity contribution in [1.29, 1.82) is 0 Å². The first-order valence-corrected chi connectivity index (χ1v) is 8.32. The summed E-state index contributed by atoms with van der Waals surface area (Å²) < 4.78 is 0.984. The molecule has 0 atom stereocenters. The van der Waals surface area contributed by atoms with E-state index in [0.717, 1.165) is 11.0 Å². The van der Waals surface area contributed by atoms with Crippen molar-refractivity contribution in [3.05, 3.63) is 60.7 Å². The number of nitrogens with zero attached hydrogens (tertiary/aromatic N) is 1. The van der Waals surface area contributed by atoms with Crippen LogP contribution in [0.5, 0.6) is 0 Å². The number of unbranched alkanes of at least 4 members (excludes halogenated alkanes) is 2. The van der Waals surface area contributed by atoms with E-state index >= 15 is 0 Å². The third-order valence-electron chi connectivity index (χ3n) is 4.25. The molecule has 0 heterocycles. The number of quaternary nitrogens is 1. The molecule has 1 N–H and O–H groups in total. The van der Waals surface area contributed by atoms with Crippen LogP contribution >= 0.6 is 0 Å². The van der Waals surface area contributed by atoms with Crippen LogP contribution in [0.3, 0.4) is 0 Å². The molecule has 2 aromatic rings. The van der Waals surface area contributed by atoms with Crippen LogP contribution in [0.15, 0.2) is 60.7 Å². The van der Waals surface area contributed by atoms with Gasteiger partial charge in [-0.1, -0.05) is 56.7 Å². The number of benzene rings is 2. The minimum absolute atomic E-state index is 0. The molecule has 2 rings (SSSR count). The van der Waals surface area contributed by atoms with Gasteiger partial charge in [-0.2, -0.15) is 0 Å². The predicted molar refractivity (Wildman–Crippen MR) is 95.8 cm³/mol. The third kappa shape index (κ3) is 4.19. The molecule has 0 aliphatic heterocycles. The summed E-state index contributed by atoms with van der Waals surface area (Å²) in [6, 6.07) is 22.0. The third-order valence-corrected chi connectivity index (χ3v) is 4.25. The second kappa shape index (κ2) is 9.39. The van der Waals surface area contributed by atoms with Gasteiger partial charge in [0, 0.05) is 0 Å². The van der Waals surface area contributed by atoms with Gasteiger partial charge in [-0.05, 0) is 43.5 Å². The molecule has 0 aromatic heterocycles. The van der Waals surface area contributed by atoms with Gasteiger partial charge in [0.1, 0.15) is 11.4 Å². The van der Waals surface area contributed by atoms with Gasteiger partial charge in [0.15, 0.2) is 0 Å². The summed E-state index contributed by atoms with van der Waals surface area (Å²) in [7, 11) is 0. The van der Waals surface area contributed by atoms with E-state index in [-0.39, 0.29) is 5.48 Å². The van der Waals surface area contributed by atoms with Crippen molar-refractivity contribution in [3.63, 3.8) is 0 Å². The average molecular weight is 299 g/mol. The van der Waals surface area contributed by atoms with Crippen LogP contribution in [-0.4, -0.2) is 18.6 Å². The monoisotopic (exact) mass is 299 g/mol. The molecule has 2 nitrogen and oxygen atoms in total. The lowest BCUT2D eigenvalue weighted by Crippen LogP contribution is -2.45. The largest absolute Gasteiger partial charge is 0.870 e. The van der Waals surface area contributed by atoms with Gasteiger partial charge >= 0.3 is 0 Å². The lowest BCUT2D eigenvalue weighted by molar-refractivity contribution is 0.368. The normalized spacial score (nSPS) is 11.0. The first-order chi connectivity index (χ1) is 10.3. The molecular formula is C20H29NO. The van der Waals surface area contributed by atoms with Crippen LogP contribution in [0.4, 0.5) is 11.4 Å². The molecule has 0 unspecified atom stereocenters. The molecule has 2 heteroatoms. The highest BCUT2D eigenvalue weighted by Gasteiger charge is 2.31. The molecule has 0 saturated carbocycles. The Kier molecular flexibility index (Phi) is 7.86. The number of para-hydroxylation sites is 2. The maximum atomic E-state index is 2.29. The smallest absolute Gasteiger partial charge is 0.137 e. The van der Waals surface area contributed by atoms with E-state index in [2.05, 4.69) is 74.5 Å². The number of hydrogen-bond acceptors (Lipinski definition) is 1. The Morgan fingerprint density at radius 1 is 0.636 bits per heavy atom. The van der Waals surface area contributed by atoms with Crippen molar-refractivity contribution >= 4 is 11.4 Å². The second-order valence-corrected chi connectivity index (χ2v) is 5.79. The summed E-state index contributed by atoms with van der Waals surface area (Å²) in [4.78, 5) is 0. The van der Waals surface area contributed by atoms with Crippen LogP contribution in [0.1, 0.15) is 39.5 Å². The zero-order chi connectivity index (χ0) is 15.0. The highest BCUT2D eigenvalue weighted by molar-refractivity contribution is 5.58. The second-order valence-electron chi connectivity index (χ2n) is 5.79. The summed E-state index contributed by atoms with van der Waals surface area (Å²) in [6.07, 6.45) is 5.05. The van der Waals surface area contributed by atoms with E-state index in [1.165, 1.54) is 43.6 Å². The minimum atomic E-state index is 0. The fourth-order valence-corrected chi connectivity index (χ4v) is 3.22. The summed E-state index contributed by atoms with van der Waals surface area (Å²) in [5, 5.41) is 0. The van der Waals surface area contributed by atoms with Crippen molar-refractivity contribution in [1.82, 2.24) is 4.48 Å². The van der Waals surface area contributed by atoms with Crippen molar-refractivity contribution < 1.29 is 5.48 Å². The van der Waals surface area contributed by atoms with Gasteiger partial charge in [0.25, 0.3) is 0 Å². The van der Waals surface area contributed by atoms with Gasteiger partial charge in [-0.25, -0.2) is 0 Å². The van der Waals surface area contributed by atoms with Crippen molar-refractivity contribution in [2.45, 2.75) is 39.5 Å². The Bertz CT molecular complexity index is 470. The van der Waals surface area contributed by atoms with E-state index in [1.54, 1.807) is 0 Å². The van der Waals surface area contributed by atoms with E-state index in [0.29, 0.717) is 0 Å². The number of hydrogen-bond donors (Lipinski definition) is 0. The lowest BCUT2D eigenvalue weighted by Gasteiger charge is -2.38. The van der Waals surface area contributed by atoms with Gasteiger partial charge in [-0.15, -0.1) is 0 Å². The van der Waals surface area contributed by atoms with E-state index in [9.17, 15) is 0 Å². The Hall–Kier alpha value is -1.64. The molecule has 0 fully saturated rings. The Labute approximate surface area is 135 Å². The van der Waals surface area contributed by atoms with Crippen LogP contribution in [0, 0.1) is 0 Å². The maximum Gasteiger partial charge on any atom is 0.137 e. The molecule has 0 aliphatic carbocycles. The topological polar surface area (TPSA) is 30.0 Å². The van der Waals surface area contributed by atoms with Gasteiger partial charge in [0.05, 0.1) is 13.1 Å². The molecule has 0 saturated heterocycles. The fourth-order valence-electron chi connectivity index (χ4n) is 3.22. The maximum absolute atomic E-state index is 2.29. The van der Waals surface area contributed by atoms with Crippen molar-refractivity contribution in [3.8, 4) is 0 Å². The van der Waals surface area contributed by atoms with Crippen molar-refractivity contribution in [2.75, 3.05) is 13.1 Å². The zero-order valence-electron chi connectivity index (χ0n) is 13.9. The fraction of sp³-hybridized carbons (Fsp3) is 0.400. The summed E-state index contributed by atoms with van der Waals surface area (Å²) in [5.74, 6) is 0. The van der Waals surface area contributed by atoms with Crippen LogP contribution in [0.25, 0.3) is 0 Å². The van der Waals surface area contributed by atoms with E-state index in [4.69, 9.17) is 0 Å². The molecule has 0 bridgehead atoms. The Morgan fingerprint density at radius 2 is 1.14 bits per heavy atom. The van der Waals surface area contributed by atoms with Crippen LogP contribution in [0.2, 0.25) is 0 Å². The molecular weight excluding hydrogens is 270 g/mol. The SMILES string of the molecule is CCCCC[N+](CCC)(c1ccccc1)c1ccccc1.[OH-]. The summed E-state index contributed by atoms with van der Waals surface area (Å²) >= 11 is 0. The Balaban J connectivity index is 0.00000242. The van der Waals surface area contributed by atoms with E-state index < -0.39 is 0 Å². The molecule has 0 radical (unpaired) electrons. The number of rotatable bonds is 8. The highest BCUT2D eigenvalue weighted by Crippen LogP contribution is 2.35. The van der Waals surface area contributed by atoms with Crippen LogP contribution < -0.4 is 4.48 Å². The molecule has 0 spiro atoms. The summed E-state index contributed by atoms with van der Waals surface area (Å²) in [6.45, 7) is 6.92. The molecule has 0 amide bonds. The molecule has 22 heavy (non-hydrogen) atoms. The molecule has 120 valence electrons. The quantitative estimate of drug-likeness (QED) is 0.451. The first kappa shape index (κ1) is 18.4. The average Bonchev–Trinajstić information content (AvgIpc) is 2.56. The predicted octanol–water partition coefficient (Wildman–Crippen LogP) is 5.75. The van der Waals surface area contributed by atoms with Crippen molar-refractivity contribution in [2.24, 2.45) is 0 Å². The minimum Gasteiger partial charge on any atom is -0.870 e. The lowest BCUT2D eigenvalue weighted by atomic mass is 10.1. The first-order valence-electron chi connectivity index (χ1n) is 8.32. The standard InChI is InChI=1S/C20H28N.H2O/c1-3-5-12-18-21(17-4-2,19-13-8-6-9-14-19)20-15-10-7-11-16-20;/h6-11,13-16H,3-5,12,17-18H2,1-2H3;1H2/q+1;/p-1. The molecule has 0 aliphatic rings. The molecule has 2 aromatic carbocycles. The van der Waals surface area contributed by atoms with Crippen LogP contribution in [-0.2, 0) is 0 Å². The van der Waals surface area contributed by atoms with E-state index in [1.807, 2.05) is 0 Å². The van der Waals surface area contributed by atoms with Gasteiger partial charge in [0.2, 0.25) is 0 Å². The highest BCUT2D eigenvalue weighted by atomic mass is 16.0. The van der Waals surface area contributed by atoms with Gasteiger partial charge in [-0.3, -0.25) is 4.48 Å². The van der Waals surface area contributed by atoms with Gasteiger partial charge < -0.3 is 5.48 Å². The summed E-state index contributed by atoms with van der Waals surface area (Å²) in [5.41, 5.74) is 2.84. The Morgan fingerprint density at radius 3 is 1.55 bits per heavy atom.